The van der Waals surface area contributed by atoms with Crippen molar-refractivity contribution >= 4 is 17.3 Å². The fourth-order valence-corrected chi connectivity index (χ4v) is 1.46. The Bertz CT molecular complexity index is 439. The second kappa shape index (κ2) is 5.34. The van der Waals surface area contributed by atoms with E-state index in [1.165, 1.54) is 0 Å². The fraction of sp³-hybridized carbons (Fsp3) is 0.467. The Balaban J connectivity index is 2.77. The normalized spacial score (nSPS) is 11.2. The molecule has 0 spiro atoms. The van der Waals surface area contributed by atoms with E-state index in [-0.39, 0.29) is 18.0 Å². The van der Waals surface area contributed by atoms with Crippen LogP contribution in [0.15, 0.2) is 24.3 Å². The first-order valence-electron chi connectivity index (χ1n) is 6.05. The van der Waals surface area contributed by atoms with Gasteiger partial charge < -0.3 is 4.90 Å². The van der Waals surface area contributed by atoms with Crippen LogP contribution in [0.25, 0.3) is 0 Å². The summed E-state index contributed by atoms with van der Waals surface area (Å²) in [5.74, 6) is -0.135. The first kappa shape index (κ1) is 14.4. The first-order valence-corrected chi connectivity index (χ1v) is 6.05. The predicted molar refractivity (Wildman–Crippen MR) is 74.2 cm³/mol. The van der Waals surface area contributed by atoms with Gasteiger partial charge in [0.25, 0.3) is 0 Å². The maximum atomic E-state index is 11.9. The maximum absolute atomic E-state index is 11.9. The number of benzene rings is 1. The predicted octanol–water partition coefficient (Wildman–Crippen LogP) is 2.94. The molecule has 0 heterocycles. The van der Waals surface area contributed by atoms with E-state index in [1.54, 1.807) is 12.1 Å². The van der Waals surface area contributed by atoms with Gasteiger partial charge in [-0.15, -0.1) is 0 Å². The van der Waals surface area contributed by atoms with Crippen molar-refractivity contribution in [2.45, 2.75) is 27.2 Å². The monoisotopic (exact) mass is 247 g/mol. The van der Waals surface area contributed by atoms with Crippen molar-refractivity contribution < 1.29 is 9.59 Å². The van der Waals surface area contributed by atoms with Crippen molar-refractivity contribution in [1.82, 2.24) is 0 Å². The fourth-order valence-electron chi connectivity index (χ4n) is 1.46. The summed E-state index contributed by atoms with van der Waals surface area (Å²) in [6.07, 6.45) is -0.0230. The van der Waals surface area contributed by atoms with Crippen molar-refractivity contribution in [3.8, 4) is 0 Å². The Morgan fingerprint density at radius 2 is 1.56 bits per heavy atom. The van der Waals surface area contributed by atoms with Gasteiger partial charge in [0.2, 0.25) is 0 Å². The summed E-state index contributed by atoms with van der Waals surface area (Å²) in [5.41, 5.74) is 1.17. The molecule has 0 aliphatic rings. The summed E-state index contributed by atoms with van der Waals surface area (Å²) in [7, 11) is 3.89. The molecule has 0 amide bonds. The van der Waals surface area contributed by atoms with Gasteiger partial charge in [-0.3, -0.25) is 9.59 Å². The summed E-state index contributed by atoms with van der Waals surface area (Å²) in [6, 6.07) is 7.31. The average Bonchev–Trinajstić information content (AvgIpc) is 2.27. The van der Waals surface area contributed by atoms with Crippen LogP contribution in [0.4, 0.5) is 5.69 Å². The zero-order valence-electron chi connectivity index (χ0n) is 11.8. The van der Waals surface area contributed by atoms with E-state index in [1.807, 2.05) is 51.9 Å². The lowest BCUT2D eigenvalue weighted by Gasteiger charge is -2.16. The summed E-state index contributed by atoms with van der Waals surface area (Å²) >= 11 is 0. The zero-order chi connectivity index (χ0) is 13.9. The molecule has 0 aliphatic heterocycles. The molecule has 0 aromatic heterocycles. The van der Waals surface area contributed by atoms with Gasteiger partial charge in [0, 0.05) is 30.8 Å². The van der Waals surface area contributed by atoms with Crippen molar-refractivity contribution in [3.63, 3.8) is 0 Å². The van der Waals surface area contributed by atoms with E-state index in [4.69, 9.17) is 0 Å². The van der Waals surface area contributed by atoms with Crippen molar-refractivity contribution in [2.24, 2.45) is 5.41 Å². The maximum Gasteiger partial charge on any atom is 0.170 e. The van der Waals surface area contributed by atoms with Crippen LogP contribution in [0.1, 0.15) is 37.6 Å². The third-order valence-corrected chi connectivity index (χ3v) is 2.86. The Morgan fingerprint density at radius 3 is 1.94 bits per heavy atom. The standard InChI is InChI=1S/C15H21NO2/c1-15(2,3)14(18)10-13(17)11-6-8-12(9-7-11)16(4)5/h6-9H,10H2,1-5H3. The smallest absolute Gasteiger partial charge is 0.170 e. The van der Waals surface area contributed by atoms with E-state index in [9.17, 15) is 9.59 Å². The lowest BCUT2D eigenvalue weighted by molar-refractivity contribution is -0.125. The molecular formula is C15H21NO2. The molecule has 1 rings (SSSR count). The molecule has 3 heteroatoms. The molecule has 1 aromatic carbocycles. The number of hydrogen-bond acceptors (Lipinski definition) is 3. The quantitative estimate of drug-likeness (QED) is 0.606. The molecule has 3 nitrogen and oxygen atoms in total. The lowest BCUT2D eigenvalue weighted by Crippen LogP contribution is -2.23. The van der Waals surface area contributed by atoms with Crippen molar-refractivity contribution in [3.05, 3.63) is 29.8 Å². The molecule has 0 atom stereocenters. The highest BCUT2D eigenvalue weighted by Crippen LogP contribution is 2.19. The minimum absolute atomic E-state index is 0.0230. The largest absolute Gasteiger partial charge is 0.378 e. The molecule has 18 heavy (non-hydrogen) atoms. The highest BCUT2D eigenvalue weighted by atomic mass is 16.1. The Kier molecular flexibility index (Phi) is 4.28. The van der Waals surface area contributed by atoms with E-state index >= 15 is 0 Å². The highest BCUT2D eigenvalue weighted by Gasteiger charge is 2.24. The SMILES string of the molecule is CN(C)c1ccc(C(=O)CC(=O)C(C)(C)C)cc1. The third-order valence-electron chi connectivity index (χ3n) is 2.86. The average molecular weight is 247 g/mol. The topological polar surface area (TPSA) is 37.4 Å². The van der Waals surface area contributed by atoms with Gasteiger partial charge in [-0.25, -0.2) is 0 Å². The first-order chi connectivity index (χ1) is 8.21. The number of nitrogens with zero attached hydrogens (tertiary/aromatic N) is 1. The van der Waals surface area contributed by atoms with Gasteiger partial charge in [0.1, 0.15) is 5.78 Å². The van der Waals surface area contributed by atoms with E-state index in [0.717, 1.165) is 5.69 Å². The third kappa shape index (κ3) is 3.69. The van der Waals surface area contributed by atoms with Crippen LogP contribution in [0, 0.1) is 5.41 Å². The zero-order valence-corrected chi connectivity index (χ0v) is 11.8. The highest BCUT2D eigenvalue weighted by molar-refractivity contribution is 6.09. The molecule has 0 fully saturated rings. The van der Waals surface area contributed by atoms with Crippen LogP contribution in [0.2, 0.25) is 0 Å². The van der Waals surface area contributed by atoms with E-state index in [2.05, 4.69) is 0 Å². The minimum atomic E-state index is -0.459. The summed E-state index contributed by atoms with van der Waals surface area (Å²) in [6.45, 7) is 5.49. The Hall–Kier alpha value is -1.64. The van der Waals surface area contributed by atoms with Gasteiger partial charge in [0.15, 0.2) is 5.78 Å². The molecule has 0 bridgehead atoms. The van der Waals surface area contributed by atoms with Gasteiger partial charge in [-0.05, 0) is 24.3 Å². The number of Topliss-reactive ketones (excluding diaryl/α,β-unsaturated/α-hetero) is 2. The van der Waals surface area contributed by atoms with Crippen LogP contribution in [-0.4, -0.2) is 25.7 Å². The Morgan fingerprint density at radius 1 is 1.06 bits per heavy atom. The van der Waals surface area contributed by atoms with Crippen molar-refractivity contribution in [2.75, 3.05) is 19.0 Å². The van der Waals surface area contributed by atoms with Crippen LogP contribution in [0.3, 0.4) is 0 Å². The molecule has 0 unspecified atom stereocenters. The number of anilines is 1. The van der Waals surface area contributed by atoms with Gasteiger partial charge in [-0.2, -0.15) is 0 Å². The molecule has 98 valence electrons. The summed E-state index contributed by atoms with van der Waals surface area (Å²) in [4.78, 5) is 25.7. The van der Waals surface area contributed by atoms with Crippen LogP contribution in [-0.2, 0) is 4.79 Å². The molecule has 1 aromatic rings. The summed E-state index contributed by atoms with van der Waals surface area (Å²) in [5, 5.41) is 0. The second-order valence-corrected chi connectivity index (χ2v) is 5.71. The van der Waals surface area contributed by atoms with Crippen LogP contribution >= 0.6 is 0 Å². The van der Waals surface area contributed by atoms with E-state index in [0.29, 0.717) is 5.56 Å². The molecule has 0 N–H and O–H groups in total. The number of rotatable bonds is 4. The number of hydrogen-bond donors (Lipinski definition) is 0. The Labute approximate surface area is 109 Å². The molecule has 0 saturated heterocycles. The number of ketones is 2. The summed E-state index contributed by atoms with van der Waals surface area (Å²) < 4.78 is 0. The van der Waals surface area contributed by atoms with Crippen LogP contribution < -0.4 is 4.90 Å². The number of carbonyl (C=O) groups is 2. The van der Waals surface area contributed by atoms with Gasteiger partial charge in [-0.1, -0.05) is 20.8 Å². The molecule has 0 aliphatic carbocycles. The lowest BCUT2D eigenvalue weighted by atomic mass is 9.87. The van der Waals surface area contributed by atoms with Crippen molar-refractivity contribution in [1.29, 1.82) is 0 Å². The van der Waals surface area contributed by atoms with Crippen LogP contribution in [0.5, 0.6) is 0 Å². The van der Waals surface area contributed by atoms with E-state index < -0.39 is 5.41 Å². The van der Waals surface area contributed by atoms with Gasteiger partial charge >= 0.3 is 0 Å². The molecular weight excluding hydrogens is 226 g/mol. The molecule has 0 radical (unpaired) electrons. The second-order valence-electron chi connectivity index (χ2n) is 5.71. The minimum Gasteiger partial charge on any atom is -0.378 e. The van der Waals surface area contributed by atoms with Gasteiger partial charge in [0.05, 0.1) is 6.42 Å². The number of carbonyl (C=O) groups excluding carboxylic acids is 2. The molecule has 0 saturated carbocycles.